The second-order valence-corrected chi connectivity index (χ2v) is 9.51. The van der Waals surface area contributed by atoms with Gasteiger partial charge in [0, 0.05) is 11.6 Å². The van der Waals surface area contributed by atoms with Crippen molar-refractivity contribution in [1.29, 1.82) is 0 Å². The van der Waals surface area contributed by atoms with Crippen LogP contribution in [0.25, 0.3) is 0 Å². The molecule has 1 aromatic carbocycles. The number of carbonyl (C=O) groups is 4. The van der Waals surface area contributed by atoms with Crippen LogP contribution >= 0.6 is 11.6 Å². The van der Waals surface area contributed by atoms with Crippen molar-refractivity contribution in [2.24, 2.45) is 11.7 Å². The van der Waals surface area contributed by atoms with Gasteiger partial charge >= 0.3 is 5.97 Å². The molecule has 11 nitrogen and oxygen atoms in total. The zero-order chi connectivity index (χ0) is 25.6. The zero-order valence-electron chi connectivity index (χ0n) is 19.4. The Morgan fingerprint density at radius 2 is 2.00 bits per heavy atom. The third-order valence-electron chi connectivity index (χ3n) is 7.01. The highest BCUT2D eigenvalue weighted by atomic mass is 35.5. The van der Waals surface area contributed by atoms with Crippen molar-refractivity contribution in [2.45, 2.75) is 37.4 Å². The van der Waals surface area contributed by atoms with Crippen LogP contribution in [0.15, 0.2) is 36.4 Å². The molecule has 3 amide bonds. The van der Waals surface area contributed by atoms with E-state index < -0.39 is 29.9 Å². The van der Waals surface area contributed by atoms with Crippen molar-refractivity contribution in [1.82, 2.24) is 15.3 Å². The molecule has 3 heterocycles. The van der Waals surface area contributed by atoms with E-state index in [4.69, 9.17) is 22.1 Å². The Bertz CT molecular complexity index is 1260. The number of aromatic nitrogens is 1. The molecule has 3 aliphatic rings. The number of fused-ring (bicyclic) bond motifs is 3. The van der Waals surface area contributed by atoms with Crippen LogP contribution in [0.2, 0.25) is 5.15 Å². The predicted octanol–water partition coefficient (Wildman–Crippen LogP) is 1.39. The number of likely N-dealkylation sites (tertiary alicyclic amines) is 1. The topological polar surface area (TPSA) is 147 Å². The number of amides is 3. The van der Waals surface area contributed by atoms with E-state index in [-0.39, 0.29) is 40.9 Å². The molecule has 1 unspecified atom stereocenters. The first-order valence-corrected chi connectivity index (χ1v) is 11.9. The van der Waals surface area contributed by atoms with E-state index in [1.54, 1.807) is 22.0 Å². The number of ether oxygens (including phenoxy) is 1. The van der Waals surface area contributed by atoms with E-state index in [0.717, 1.165) is 19.3 Å². The third kappa shape index (κ3) is 4.24. The van der Waals surface area contributed by atoms with Gasteiger partial charge in [-0.2, -0.15) is 0 Å². The summed E-state index contributed by atoms with van der Waals surface area (Å²) in [5.41, 5.74) is 10.1. The van der Waals surface area contributed by atoms with Crippen molar-refractivity contribution in [3.8, 4) is 0 Å². The van der Waals surface area contributed by atoms with Crippen LogP contribution in [0.1, 0.15) is 41.2 Å². The number of nitrogens with two attached hydrogens (primary N) is 1. The molecule has 12 heteroatoms. The number of primary amides is 1. The fourth-order valence-corrected chi connectivity index (χ4v) is 5.73. The highest BCUT2D eigenvalue weighted by Crippen LogP contribution is 2.43. The number of rotatable bonds is 6. The summed E-state index contributed by atoms with van der Waals surface area (Å²) in [6.45, 7) is -0.0737. The number of methoxy groups -OCH3 is 1. The van der Waals surface area contributed by atoms with E-state index >= 15 is 0 Å². The molecule has 4 atom stereocenters. The Labute approximate surface area is 211 Å². The van der Waals surface area contributed by atoms with Crippen molar-refractivity contribution in [3.63, 3.8) is 0 Å². The number of nitrogens with zero attached hydrogens (tertiary/aromatic N) is 3. The molecule has 0 radical (unpaired) electrons. The number of halogens is 1. The van der Waals surface area contributed by atoms with Gasteiger partial charge in [-0.1, -0.05) is 29.8 Å². The lowest BCUT2D eigenvalue weighted by molar-refractivity contribution is -0.139. The molecule has 4 N–H and O–H groups in total. The maximum absolute atomic E-state index is 13.5. The average Bonchev–Trinajstić information content (AvgIpc) is 3.56. The Kier molecular flexibility index (Phi) is 6.27. The Morgan fingerprint density at radius 1 is 1.22 bits per heavy atom. The minimum Gasteiger partial charge on any atom is -0.465 e. The van der Waals surface area contributed by atoms with Gasteiger partial charge in [-0.15, -0.1) is 0 Å². The molecule has 0 spiro atoms. The van der Waals surface area contributed by atoms with Crippen molar-refractivity contribution >= 4 is 46.8 Å². The van der Waals surface area contributed by atoms with Crippen LogP contribution in [-0.2, 0) is 19.1 Å². The zero-order valence-corrected chi connectivity index (χ0v) is 20.2. The molecule has 2 fully saturated rings. The van der Waals surface area contributed by atoms with E-state index in [1.807, 2.05) is 12.1 Å². The lowest BCUT2D eigenvalue weighted by Gasteiger charge is -2.35. The van der Waals surface area contributed by atoms with Crippen LogP contribution in [-0.4, -0.2) is 59.3 Å². The van der Waals surface area contributed by atoms with Crippen LogP contribution in [0.4, 0.5) is 11.5 Å². The SMILES string of the molecule is COC(=O)c1cc(Cl)nc(NC(=O)[C@@H]2[C@H]3CC[C@H](C3)N2C(=O)CN2NC(C(N)=O)c3ccccc32)c1. The van der Waals surface area contributed by atoms with Gasteiger partial charge in [-0.25, -0.2) is 15.2 Å². The van der Waals surface area contributed by atoms with Crippen LogP contribution in [0.5, 0.6) is 0 Å². The quantitative estimate of drug-likeness (QED) is 0.388. The van der Waals surface area contributed by atoms with E-state index in [2.05, 4.69) is 15.7 Å². The molecule has 2 aromatic rings. The summed E-state index contributed by atoms with van der Waals surface area (Å²) in [4.78, 5) is 56.4. The summed E-state index contributed by atoms with van der Waals surface area (Å²) in [6, 6.07) is 8.46. The van der Waals surface area contributed by atoms with E-state index in [0.29, 0.717) is 11.3 Å². The molecule has 36 heavy (non-hydrogen) atoms. The minimum atomic E-state index is -0.735. The minimum absolute atomic E-state index is 0.00963. The van der Waals surface area contributed by atoms with Gasteiger partial charge in [-0.3, -0.25) is 19.4 Å². The number of hydrogen-bond acceptors (Lipinski definition) is 8. The molecule has 1 aromatic heterocycles. The summed E-state index contributed by atoms with van der Waals surface area (Å²) < 4.78 is 4.72. The molecule has 2 bridgehead atoms. The van der Waals surface area contributed by atoms with Gasteiger partial charge < -0.3 is 20.7 Å². The number of esters is 1. The standard InChI is InChI=1S/C24H25ClN6O5/c1-36-24(35)13-9-17(25)27-18(10-13)28-23(34)21-12-6-7-14(8-12)31(21)19(32)11-30-16-5-3-2-4-15(16)20(29-30)22(26)33/h2-5,9-10,12,14,20-21,29H,6-8,11H2,1H3,(H2,26,33)(H,27,28,34)/t12-,14+,20?,21-/m0/s1. The summed E-state index contributed by atoms with van der Waals surface area (Å²) in [5, 5.41) is 4.35. The molecule has 1 aliphatic carbocycles. The smallest absolute Gasteiger partial charge is 0.338 e. The normalized spacial score (nSPS) is 23.9. The molecule has 1 saturated heterocycles. The summed E-state index contributed by atoms with van der Waals surface area (Å²) >= 11 is 6.03. The molecular formula is C24H25ClN6O5. The first-order chi connectivity index (χ1) is 17.3. The van der Waals surface area contributed by atoms with Gasteiger partial charge in [0.1, 0.15) is 29.6 Å². The van der Waals surface area contributed by atoms with Gasteiger partial charge in [0.2, 0.25) is 17.7 Å². The molecule has 5 rings (SSSR count). The largest absolute Gasteiger partial charge is 0.465 e. The molecular weight excluding hydrogens is 488 g/mol. The lowest BCUT2D eigenvalue weighted by atomic mass is 9.97. The Morgan fingerprint density at radius 3 is 2.75 bits per heavy atom. The lowest BCUT2D eigenvalue weighted by Crippen LogP contribution is -2.54. The second-order valence-electron chi connectivity index (χ2n) is 9.13. The summed E-state index contributed by atoms with van der Waals surface area (Å²) in [7, 11) is 1.24. The number of piperidine rings is 1. The maximum atomic E-state index is 13.5. The first kappa shape index (κ1) is 24.0. The highest BCUT2D eigenvalue weighted by Gasteiger charge is 2.51. The van der Waals surface area contributed by atoms with Crippen LogP contribution < -0.4 is 21.5 Å². The summed E-state index contributed by atoms with van der Waals surface area (Å²) in [6.07, 6.45) is 2.38. The number of hydrogen-bond donors (Lipinski definition) is 3. The van der Waals surface area contributed by atoms with E-state index in [9.17, 15) is 19.2 Å². The first-order valence-electron chi connectivity index (χ1n) is 11.6. The average molecular weight is 513 g/mol. The Hall–Kier alpha value is -3.70. The number of para-hydroxylation sites is 1. The maximum Gasteiger partial charge on any atom is 0.338 e. The van der Waals surface area contributed by atoms with Crippen molar-refractivity contribution < 1.29 is 23.9 Å². The number of benzene rings is 1. The molecule has 188 valence electrons. The number of nitrogens with one attached hydrogen (secondary N) is 2. The van der Waals surface area contributed by atoms with Crippen molar-refractivity contribution in [3.05, 3.63) is 52.7 Å². The van der Waals surface area contributed by atoms with Crippen LogP contribution in [0, 0.1) is 5.92 Å². The van der Waals surface area contributed by atoms with Gasteiger partial charge in [-0.05, 0) is 43.4 Å². The number of pyridine rings is 1. The predicted molar refractivity (Wildman–Crippen MR) is 130 cm³/mol. The third-order valence-corrected chi connectivity index (χ3v) is 7.20. The fourth-order valence-electron chi connectivity index (χ4n) is 5.52. The number of hydrazine groups is 1. The number of anilines is 2. The highest BCUT2D eigenvalue weighted by molar-refractivity contribution is 6.30. The molecule has 2 aliphatic heterocycles. The Balaban J connectivity index is 1.35. The van der Waals surface area contributed by atoms with Gasteiger partial charge in [0.25, 0.3) is 0 Å². The second kappa shape index (κ2) is 9.40. The van der Waals surface area contributed by atoms with Gasteiger partial charge in [0.15, 0.2) is 0 Å². The van der Waals surface area contributed by atoms with Crippen molar-refractivity contribution in [2.75, 3.05) is 24.0 Å². The monoisotopic (exact) mass is 512 g/mol. The van der Waals surface area contributed by atoms with Gasteiger partial charge in [0.05, 0.1) is 18.4 Å². The molecule has 1 saturated carbocycles. The summed E-state index contributed by atoms with van der Waals surface area (Å²) in [5.74, 6) is -1.69. The van der Waals surface area contributed by atoms with Crippen LogP contribution in [0.3, 0.4) is 0 Å². The van der Waals surface area contributed by atoms with E-state index in [1.165, 1.54) is 19.2 Å². The number of carbonyl (C=O) groups excluding carboxylic acids is 4. The fraction of sp³-hybridized carbons (Fsp3) is 0.375.